The summed E-state index contributed by atoms with van der Waals surface area (Å²) in [6.45, 7) is 2.94. The van der Waals surface area contributed by atoms with Crippen molar-refractivity contribution < 1.29 is 12.8 Å². The number of likely N-dealkylation sites (N-methyl/N-ethyl adjacent to an activating group) is 1. The largest absolute Gasteiger partial charge is 0.464 e. The Labute approximate surface area is 114 Å². The highest BCUT2D eigenvalue weighted by Gasteiger charge is 2.26. The smallest absolute Gasteiger partial charge is 0.244 e. The average Bonchev–Trinajstić information content (AvgIpc) is 3.12. The van der Waals surface area contributed by atoms with E-state index in [-0.39, 0.29) is 11.4 Å². The van der Waals surface area contributed by atoms with Crippen molar-refractivity contribution in [3.63, 3.8) is 0 Å². The number of furan rings is 1. The van der Waals surface area contributed by atoms with Crippen LogP contribution in [-0.4, -0.2) is 39.5 Å². The van der Waals surface area contributed by atoms with Gasteiger partial charge in [0.05, 0.1) is 6.54 Å². The van der Waals surface area contributed by atoms with Crippen molar-refractivity contribution in [1.82, 2.24) is 9.62 Å². The SMILES string of the molecule is Cc1oc(CN)cc1S(=O)(=O)NCCN(C)C1CC1. The molecule has 3 N–H and O–H groups in total. The quantitative estimate of drug-likeness (QED) is 0.758. The summed E-state index contributed by atoms with van der Waals surface area (Å²) in [5.41, 5.74) is 5.44. The molecule has 0 unspecified atom stereocenters. The van der Waals surface area contributed by atoms with Crippen LogP contribution in [0, 0.1) is 6.92 Å². The lowest BCUT2D eigenvalue weighted by atomic mass is 10.4. The summed E-state index contributed by atoms with van der Waals surface area (Å²) in [5, 5.41) is 0. The number of hydrogen-bond acceptors (Lipinski definition) is 5. The molecular formula is C12H21N3O3S. The fourth-order valence-corrected chi connectivity index (χ4v) is 3.25. The summed E-state index contributed by atoms with van der Waals surface area (Å²) in [4.78, 5) is 2.36. The predicted molar refractivity (Wildman–Crippen MR) is 72.2 cm³/mol. The van der Waals surface area contributed by atoms with E-state index in [1.54, 1.807) is 6.92 Å². The zero-order chi connectivity index (χ0) is 14.0. The van der Waals surface area contributed by atoms with Gasteiger partial charge in [0.25, 0.3) is 0 Å². The molecule has 2 rings (SSSR count). The van der Waals surface area contributed by atoms with E-state index in [9.17, 15) is 8.42 Å². The maximum Gasteiger partial charge on any atom is 0.244 e. The highest BCUT2D eigenvalue weighted by atomic mass is 32.2. The second kappa shape index (κ2) is 5.62. The van der Waals surface area contributed by atoms with Crippen LogP contribution in [0.1, 0.15) is 24.4 Å². The number of nitrogens with one attached hydrogen (secondary N) is 1. The van der Waals surface area contributed by atoms with Crippen molar-refractivity contribution >= 4 is 10.0 Å². The molecule has 0 radical (unpaired) electrons. The third kappa shape index (κ3) is 3.56. The molecule has 1 aromatic rings. The van der Waals surface area contributed by atoms with Crippen LogP contribution >= 0.6 is 0 Å². The van der Waals surface area contributed by atoms with E-state index in [0.29, 0.717) is 30.7 Å². The van der Waals surface area contributed by atoms with Gasteiger partial charge in [-0.15, -0.1) is 0 Å². The molecule has 19 heavy (non-hydrogen) atoms. The van der Waals surface area contributed by atoms with E-state index in [0.717, 1.165) is 0 Å². The van der Waals surface area contributed by atoms with Gasteiger partial charge in [0.15, 0.2) is 0 Å². The second-order valence-corrected chi connectivity index (χ2v) is 6.68. The van der Waals surface area contributed by atoms with E-state index in [1.807, 2.05) is 7.05 Å². The minimum Gasteiger partial charge on any atom is -0.464 e. The van der Waals surface area contributed by atoms with Crippen molar-refractivity contribution in [3.05, 3.63) is 17.6 Å². The molecule has 1 saturated carbocycles. The summed E-state index contributed by atoms with van der Waals surface area (Å²) in [6, 6.07) is 2.12. The molecule has 0 atom stereocenters. The standard InChI is InChI=1S/C12H21N3O3S/c1-9-12(7-11(8-13)18-9)19(16,17)14-5-6-15(2)10-3-4-10/h7,10,14H,3-6,8,13H2,1-2H3. The number of nitrogens with zero attached hydrogens (tertiary/aromatic N) is 1. The molecule has 0 aliphatic heterocycles. The van der Waals surface area contributed by atoms with Crippen LogP contribution in [0.25, 0.3) is 0 Å². The zero-order valence-corrected chi connectivity index (χ0v) is 12.2. The van der Waals surface area contributed by atoms with Gasteiger partial charge < -0.3 is 15.1 Å². The molecule has 6 nitrogen and oxygen atoms in total. The average molecular weight is 287 g/mol. The third-order valence-corrected chi connectivity index (χ3v) is 4.91. The second-order valence-electron chi connectivity index (χ2n) is 4.95. The molecule has 0 aromatic carbocycles. The number of rotatable bonds is 7. The van der Waals surface area contributed by atoms with Crippen molar-refractivity contribution in [2.75, 3.05) is 20.1 Å². The Balaban J connectivity index is 1.94. The first-order valence-corrected chi connectivity index (χ1v) is 7.91. The van der Waals surface area contributed by atoms with Crippen LogP contribution in [0.15, 0.2) is 15.4 Å². The first-order valence-electron chi connectivity index (χ1n) is 6.43. The molecule has 1 heterocycles. The molecule has 0 saturated heterocycles. The van der Waals surface area contributed by atoms with E-state index < -0.39 is 10.0 Å². The van der Waals surface area contributed by atoms with Crippen LogP contribution in [0.3, 0.4) is 0 Å². The van der Waals surface area contributed by atoms with Crippen LogP contribution in [-0.2, 0) is 16.6 Å². The van der Waals surface area contributed by atoms with Gasteiger partial charge in [0.1, 0.15) is 16.4 Å². The molecule has 0 amide bonds. The first-order chi connectivity index (χ1) is 8.94. The molecule has 7 heteroatoms. The Kier molecular flexibility index (Phi) is 4.29. The fraction of sp³-hybridized carbons (Fsp3) is 0.667. The third-order valence-electron chi connectivity index (χ3n) is 3.34. The van der Waals surface area contributed by atoms with Crippen molar-refractivity contribution in [1.29, 1.82) is 0 Å². The van der Waals surface area contributed by atoms with Gasteiger partial charge in [0, 0.05) is 25.2 Å². The van der Waals surface area contributed by atoms with Crippen LogP contribution in [0.4, 0.5) is 0 Å². The Bertz CT molecular complexity index is 534. The maximum absolute atomic E-state index is 12.1. The topological polar surface area (TPSA) is 88.6 Å². The van der Waals surface area contributed by atoms with Gasteiger partial charge >= 0.3 is 0 Å². The summed E-state index contributed by atoms with van der Waals surface area (Å²) >= 11 is 0. The van der Waals surface area contributed by atoms with Crippen molar-refractivity contribution in [2.45, 2.75) is 37.2 Å². The van der Waals surface area contributed by atoms with Gasteiger partial charge in [-0.3, -0.25) is 0 Å². The summed E-state index contributed by atoms with van der Waals surface area (Å²) < 4.78 is 32.1. The predicted octanol–water partition coefficient (Wildman–Crippen LogP) is 0.419. The monoisotopic (exact) mass is 287 g/mol. The number of hydrogen-bond donors (Lipinski definition) is 2. The first kappa shape index (κ1) is 14.5. The number of sulfonamides is 1. The Morgan fingerprint density at radius 3 is 2.74 bits per heavy atom. The highest BCUT2D eigenvalue weighted by molar-refractivity contribution is 7.89. The lowest BCUT2D eigenvalue weighted by Crippen LogP contribution is -2.34. The molecule has 1 fully saturated rings. The zero-order valence-electron chi connectivity index (χ0n) is 11.3. The van der Waals surface area contributed by atoms with E-state index in [4.69, 9.17) is 10.2 Å². The van der Waals surface area contributed by atoms with E-state index >= 15 is 0 Å². The van der Waals surface area contributed by atoms with Gasteiger partial charge in [-0.1, -0.05) is 0 Å². The molecule has 108 valence electrons. The van der Waals surface area contributed by atoms with Gasteiger partial charge in [-0.25, -0.2) is 13.1 Å². The molecule has 1 aliphatic carbocycles. The highest BCUT2D eigenvalue weighted by Crippen LogP contribution is 2.24. The molecule has 1 aromatic heterocycles. The van der Waals surface area contributed by atoms with Crippen LogP contribution in [0.5, 0.6) is 0 Å². The Morgan fingerprint density at radius 1 is 1.53 bits per heavy atom. The van der Waals surface area contributed by atoms with E-state index in [2.05, 4.69) is 9.62 Å². The lowest BCUT2D eigenvalue weighted by Gasteiger charge is -2.15. The van der Waals surface area contributed by atoms with E-state index in [1.165, 1.54) is 18.9 Å². The van der Waals surface area contributed by atoms with Gasteiger partial charge in [0.2, 0.25) is 10.0 Å². The number of nitrogens with two attached hydrogens (primary N) is 1. The Morgan fingerprint density at radius 2 is 2.21 bits per heavy atom. The molecule has 0 spiro atoms. The van der Waals surface area contributed by atoms with Gasteiger partial charge in [-0.05, 0) is 26.8 Å². The lowest BCUT2D eigenvalue weighted by molar-refractivity contribution is 0.329. The normalized spacial score (nSPS) is 16.2. The van der Waals surface area contributed by atoms with Crippen molar-refractivity contribution in [2.24, 2.45) is 5.73 Å². The van der Waals surface area contributed by atoms with Crippen LogP contribution < -0.4 is 10.5 Å². The minimum absolute atomic E-state index is 0.182. The van der Waals surface area contributed by atoms with Crippen molar-refractivity contribution in [3.8, 4) is 0 Å². The molecular weight excluding hydrogens is 266 g/mol. The summed E-state index contributed by atoms with van der Waals surface area (Å²) in [7, 11) is -1.49. The van der Waals surface area contributed by atoms with Gasteiger partial charge in [-0.2, -0.15) is 0 Å². The summed E-state index contributed by atoms with van der Waals surface area (Å²) in [5.74, 6) is 0.858. The fourth-order valence-electron chi connectivity index (χ4n) is 2.02. The Hall–Kier alpha value is -0.890. The molecule has 0 bridgehead atoms. The maximum atomic E-state index is 12.1. The molecule has 1 aliphatic rings. The minimum atomic E-state index is -3.51. The van der Waals surface area contributed by atoms with Crippen LogP contribution in [0.2, 0.25) is 0 Å². The summed E-state index contributed by atoms with van der Waals surface area (Å²) in [6.07, 6.45) is 2.42. The number of aryl methyl sites for hydroxylation is 1.